The summed E-state index contributed by atoms with van der Waals surface area (Å²) in [6.45, 7) is 0.459. The van der Waals surface area contributed by atoms with Crippen molar-refractivity contribution in [1.82, 2.24) is 4.57 Å². The van der Waals surface area contributed by atoms with E-state index in [1.165, 1.54) is 7.11 Å². The zero-order valence-corrected chi connectivity index (χ0v) is 17.6. The van der Waals surface area contributed by atoms with Crippen LogP contribution in [0.1, 0.15) is 29.2 Å². The fourth-order valence-electron chi connectivity index (χ4n) is 4.10. The van der Waals surface area contributed by atoms with Gasteiger partial charge in [0.2, 0.25) is 5.91 Å². The van der Waals surface area contributed by atoms with Gasteiger partial charge in [0.25, 0.3) is 0 Å². The molecular formula is C22H21BrN2O4. The van der Waals surface area contributed by atoms with Crippen LogP contribution < -0.4 is 10.5 Å². The Morgan fingerprint density at radius 1 is 1.21 bits per heavy atom. The standard InChI is InChI=1S/C22H21BrN2O4/c1-28-19(26)12-29-18-8-4-7-16-21(18)20-14(22(24)27)9-10-17(20)25(16)11-13-5-2-3-6-15(13)23/h2-8,14H,9-12H2,1H3,(H2,24,27). The molecule has 0 spiro atoms. The lowest BCUT2D eigenvalue weighted by Crippen LogP contribution is -2.19. The molecule has 2 N–H and O–H groups in total. The van der Waals surface area contributed by atoms with Crippen molar-refractivity contribution in [3.8, 4) is 5.75 Å². The number of fused-ring (bicyclic) bond motifs is 3. The average Bonchev–Trinajstić information content (AvgIpc) is 3.27. The number of aromatic nitrogens is 1. The van der Waals surface area contributed by atoms with E-state index in [0.717, 1.165) is 38.6 Å². The van der Waals surface area contributed by atoms with E-state index >= 15 is 0 Å². The summed E-state index contributed by atoms with van der Waals surface area (Å²) in [4.78, 5) is 23.7. The molecule has 1 atom stereocenters. The molecule has 0 radical (unpaired) electrons. The quantitative estimate of drug-likeness (QED) is 0.575. The summed E-state index contributed by atoms with van der Waals surface area (Å²) in [5.74, 6) is -0.608. The Bertz CT molecular complexity index is 1110. The molecule has 0 fully saturated rings. The molecule has 4 rings (SSSR count). The van der Waals surface area contributed by atoms with E-state index < -0.39 is 5.97 Å². The van der Waals surface area contributed by atoms with Gasteiger partial charge in [-0.05, 0) is 42.2 Å². The predicted octanol–water partition coefficient (Wildman–Crippen LogP) is 3.52. The molecule has 1 aromatic heterocycles. The van der Waals surface area contributed by atoms with Crippen LogP contribution in [0.5, 0.6) is 5.75 Å². The number of hydrogen-bond donors (Lipinski definition) is 1. The number of ether oxygens (including phenoxy) is 2. The van der Waals surface area contributed by atoms with Crippen LogP contribution in [0, 0.1) is 0 Å². The number of benzene rings is 2. The first kappa shape index (κ1) is 19.5. The summed E-state index contributed by atoms with van der Waals surface area (Å²) in [5, 5.41) is 0.847. The van der Waals surface area contributed by atoms with Gasteiger partial charge in [-0.25, -0.2) is 4.79 Å². The van der Waals surface area contributed by atoms with Gasteiger partial charge in [0, 0.05) is 22.1 Å². The highest BCUT2D eigenvalue weighted by Gasteiger charge is 2.34. The number of carbonyl (C=O) groups excluding carboxylic acids is 2. The Morgan fingerprint density at radius 3 is 2.72 bits per heavy atom. The van der Waals surface area contributed by atoms with Gasteiger partial charge in [0.1, 0.15) is 5.75 Å². The van der Waals surface area contributed by atoms with Crippen LogP contribution >= 0.6 is 15.9 Å². The summed E-state index contributed by atoms with van der Waals surface area (Å²) >= 11 is 3.62. The van der Waals surface area contributed by atoms with Crippen molar-refractivity contribution >= 4 is 38.7 Å². The maximum atomic E-state index is 12.1. The number of amides is 1. The van der Waals surface area contributed by atoms with Gasteiger partial charge in [-0.1, -0.05) is 40.2 Å². The second-order valence-electron chi connectivity index (χ2n) is 7.05. The summed E-state index contributed by atoms with van der Waals surface area (Å²) in [6, 6.07) is 13.8. The van der Waals surface area contributed by atoms with E-state index in [-0.39, 0.29) is 18.4 Å². The maximum Gasteiger partial charge on any atom is 0.343 e. The van der Waals surface area contributed by atoms with Gasteiger partial charge < -0.3 is 19.8 Å². The highest BCUT2D eigenvalue weighted by Crippen LogP contribution is 2.44. The minimum absolute atomic E-state index is 0.193. The third-order valence-corrected chi connectivity index (χ3v) is 6.20. The third kappa shape index (κ3) is 3.51. The summed E-state index contributed by atoms with van der Waals surface area (Å²) in [6.07, 6.45) is 1.44. The van der Waals surface area contributed by atoms with Crippen LogP contribution in [0.4, 0.5) is 0 Å². The molecule has 29 heavy (non-hydrogen) atoms. The Balaban J connectivity index is 1.88. The molecule has 6 nitrogen and oxygen atoms in total. The number of methoxy groups -OCH3 is 1. The van der Waals surface area contributed by atoms with Crippen LogP contribution in [-0.4, -0.2) is 30.2 Å². The van der Waals surface area contributed by atoms with Crippen LogP contribution in [0.3, 0.4) is 0 Å². The Hall–Kier alpha value is -2.80. The third-order valence-electron chi connectivity index (χ3n) is 5.42. The second kappa shape index (κ2) is 7.91. The van der Waals surface area contributed by atoms with Gasteiger partial charge in [-0.15, -0.1) is 0 Å². The molecule has 1 unspecified atom stereocenters. The Morgan fingerprint density at radius 2 is 2.00 bits per heavy atom. The van der Waals surface area contributed by atoms with Crippen molar-refractivity contribution in [1.29, 1.82) is 0 Å². The van der Waals surface area contributed by atoms with E-state index in [0.29, 0.717) is 18.7 Å². The number of hydrogen-bond acceptors (Lipinski definition) is 4. The number of halogens is 1. The number of nitrogens with zero attached hydrogens (tertiary/aromatic N) is 1. The van der Waals surface area contributed by atoms with Gasteiger partial charge in [-0.3, -0.25) is 4.79 Å². The molecule has 7 heteroatoms. The summed E-state index contributed by atoms with van der Waals surface area (Å²) < 4.78 is 13.7. The van der Waals surface area contributed by atoms with E-state index in [2.05, 4.69) is 31.3 Å². The lowest BCUT2D eigenvalue weighted by Gasteiger charge is -2.13. The first-order valence-corrected chi connectivity index (χ1v) is 10.2. The van der Waals surface area contributed by atoms with E-state index in [9.17, 15) is 9.59 Å². The average molecular weight is 457 g/mol. The summed E-state index contributed by atoms with van der Waals surface area (Å²) in [7, 11) is 1.32. The van der Waals surface area contributed by atoms with Gasteiger partial charge in [0.05, 0.1) is 18.5 Å². The Labute approximate surface area is 176 Å². The molecule has 0 saturated carbocycles. The number of primary amides is 1. The lowest BCUT2D eigenvalue weighted by atomic mass is 9.99. The fourth-order valence-corrected chi connectivity index (χ4v) is 4.51. The minimum Gasteiger partial charge on any atom is -0.481 e. The summed E-state index contributed by atoms with van der Waals surface area (Å²) in [5.41, 5.74) is 9.81. The van der Waals surface area contributed by atoms with Crippen molar-refractivity contribution in [3.63, 3.8) is 0 Å². The largest absolute Gasteiger partial charge is 0.481 e. The first-order valence-electron chi connectivity index (χ1n) is 9.37. The smallest absolute Gasteiger partial charge is 0.343 e. The van der Waals surface area contributed by atoms with Gasteiger partial charge >= 0.3 is 5.97 Å². The molecular weight excluding hydrogens is 436 g/mol. The normalized spacial score (nSPS) is 15.3. The second-order valence-corrected chi connectivity index (χ2v) is 7.90. The van der Waals surface area contributed by atoms with Crippen molar-refractivity contribution < 1.29 is 19.1 Å². The SMILES string of the molecule is COC(=O)COc1cccc2c1c1c(n2Cc2ccccc2Br)CCC1C(N)=O. The van der Waals surface area contributed by atoms with Crippen LogP contribution in [0.15, 0.2) is 46.9 Å². The number of esters is 1. The highest BCUT2D eigenvalue weighted by molar-refractivity contribution is 9.10. The lowest BCUT2D eigenvalue weighted by molar-refractivity contribution is -0.142. The molecule has 1 aliphatic rings. The van der Waals surface area contributed by atoms with Gasteiger partial charge in [-0.2, -0.15) is 0 Å². The topological polar surface area (TPSA) is 83.6 Å². The minimum atomic E-state index is -0.460. The predicted molar refractivity (Wildman–Crippen MR) is 113 cm³/mol. The van der Waals surface area contributed by atoms with Gasteiger partial charge in [0.15, 0.2) is 6.61 Å². The van der Waals surface area contributed by atoms with Crippen molar-refractivity contribution in [3.05, 3.63) is 63.8 Å². The highest BCUT2D eigenvalue weighted by atomic mass is 79.9. The molecule has 1 heterocycles. The first-order chi connectivity index (χ1) is 14.0. The fraction of sp³-hybridized carbons (Fsp3) is 0.273. The van der Waals surface area contributed by atoms with Crippen molar-refractivity contribution in [2.24, 2.45) is 5.73 Å². The Kier molecular flexibility index (Phi) is 5.32. The number of nitrogens with two attached hydrogens (primary N) is 1. The number of carbonyl (C=O) groups is 2. The zero-order chi connectivity index (χ0) is 20.5. The molecule has 3 aromatic rings. The van der Waals surface area contributed by atoms with E-state index in [4.69, 9.17) is 10.5 Å². The monoisotopic (exact) mass is 456 g/mol. The van der Waals surface area contributed by atoms with Crippen LogP contribution in [-0.2, 0) is 27.3 Å². The molecule has 0 aliphatic heterocycles. The molecule has 1 amide bonds. The maximum absolute atomic E-state index is 12.1. The van der Waals surface area contributed by atoms with Crippen molar-refractivity contribution in [2.75, 3.05) is 13.7 Å². The molecule has 1 aliphatic carbocycles. The van der Waals surface area contributed by atoms with Crippen LogP contribution in [0.25, 0.3) is 10.9 Å². The number of rotatable bonds is 6. The molecule has 0 bridgehead atoms. The van der Waals surface area contributed by atoms with Crippen LogP contribution in [0.2, 0.25) is 0 Å². The van der Waals surface area contributed by atoms with Crippen molar-refractivity contribution in [2.45, 2.75) is 25.3 Å². The molecule has 150 valence electrons. The van der Waals surface area contributed by atoms with E-state index in [1.807, 2.05) is 36.4 Å². The molecule has 0 saturated heterocycles. The molecule has 2 aromatic carbocycles. The van der Waals surface area contributed by atoms with E-state index in [1.54, 1.807) is 0 Å². The zero-order valence-electron chi connectivity index (χ0n) is 16.0.